The van der Waals surface area contributed by atoms with Gasteiger partial charge < -0.3 is 9.41 Å². The van der Waals surface area contributed by atoms with E-state index in [9.17, 15) is 0 Å². The fourth-order valence-corrected chi connectivity index (χ4v) is 1.68. The molecule has 0 saturated carbocycles. The van der Waals surface area contributed by atoms with Gasteiger partial charge in [0.15, 0.2) is 0 Å². The van der Waals surface area contributed by atoms with E-state index in [1.807, 2.05) is 19.1 Å². The molecule has 0 radical (unpaired) electrons. The van der Waals surface area contributed by atoms with Crippen LogP contribution in [0.3, 0.4) is 0 Å². The predicted octanol–water partition coefficient (Wildman–Crippen LogP) is 2.55. The number of aliphatic hydroxyl groups excluding tert-OH is 1. The van der Waals surface area contributed by atoms with Crippen molar-refractivity contribution >= 4 is 24.2 Å². The Hall–Kier alpha value is -1.07. The lowest BCUT2D eigenvalue weighted by Crippen LogP contribution is -2.12. The first-order chi connectivity index (χ1) is 7.24. The SMILES string of the molecule is CCN(S)c1c(CCO)cccc1N=N. The van der Waals surface area contributed by atoms with Gasteiger partial charge in [-0.25, -0.2) is 5.53 Å². The normalized spacial score (nSPS) is 10.1. The van der Waals surface area contributed by atoms with Gasteiger partial charge in [-0.05, 0) is 25.0 Å². The molecule has 0 fully saturated rings. The maximum Gasteiger partial charge on any atom is 0.109 e. The van der Waals surface area contributed by atoms with Crippen molar-refractivity contribution in [3.05, 3.63) is 23.8 Å². The summed E-state index contributed by atoms with van der Waals surface area (Å²) in [6.07, 6.45) is 0.551. The summed E-state index contributed by atoms with van der Waals surface area (Å²) in [4.78, 5) is 0. The summed E-state index contributed by atoms with van der Waals surface area (Å²) in [5, 5.41) is 12.4. The number of hydrogen-bond donors (Lipinski definition) is 3. The van der Waals surface area contributed by atoms with Crippen LogP contribution in [0.15, 0.2) is 23.3 Å². The molecule has 0 aliphatic carbocycles. The Labute approximate surface area is 95.0 Å². The van der Waals surface area contributed by atoms with E-state index in [1.54, 1.807) is 10.4 Å². The van der Waals surface area contributed by atoms with Crippen molar-refractivity contribution in [2.24, 2.45) is 5.11 Å². The first-order valence-corrected chi connectivity index (χ1v) is 5.21. The molecule has 4 nitrogen and oxygen atoms in total. The second kappa shape index (κ2) is 5.72. The van der Waals surface area contributed by atoms with Crippen molar-refractivity contribution in [1.82, 2.24) is 0 Å². The molecule has 1 aromatic carbocycles. The highest BCUT2D eigenvalue weighted by Crippen LogP contribution is 2.33. The summed E-state index contributed by atoms with van der Waals surface area (Å²) in [5.74, 6) is 0. The smallest absolute Gasteiger partial charge is 0.109 e. The number of benzene rings is 1. The van der Waals surface area contributed by atoms with Crippen LogP contribution in [0.4, 0.5) is 11.4 Å². The second-order valence-electron chi connectivity index (χ2n) is 3.09. The molecule has 5 heteroatoms. The van der Waals surface area contributed by atoms with Crippen LogP contribution < -0.4 is 4.31 Å². The van der Waals surface area contributed by atoms with Gasteiger partial charge in [-0.15, -0.1) is 0 Å². The molecule has 15 heavy (non-hydrogen) atoms. The van der Waals surface area contributed by atoms with E-state index in [0.29, 0.717) is 18.7 Å². The van der Waals surface area contributed by atoms with Gasteiger partial charge in [0.2, 0.25) is 0 Å². The number of anilines is 1. The first kappa shape index (κ1) is 12.0. The Morgan fingerprint density at radius 3 is 2.80 bits per heavy atom. The molecule has 0 atom stereocenters. The number of aliphatic hydroxyl groups is 1. The van der Waals surface area contributed by atoms with Gasteiger partial charge in [0, 0.05) is 13.2 Å². The Morgan fingerprint density at radius 1 is 1.53 bits per heavy atom. The van der Waals surface area contributed by atoms with E-state index in [2.05, 4.69) is 17.9 Å². The van der Waals surface area contributed by atoms with Crippen molar-refractivity contribution < 1.29 is 5.11 Å². The summed E-state index contributed by atoms with van der Waals surface area (Å²) in [5.41, 5.74) is 9.44. The molecule has 1 rings (SSSR count). The van der Waals surface area contributed by atoms with Gasteiger partial charge in [0.1, 0.15) is 5.69 Å². The molecule has 0 aliphatic rings. The third kappa shape index (κ3) is 2.70. The van der Waals surface area contributed by atoms with Crippen LogP contribution in [0.1, 0.15) is 12.5 Å². The molecule has 0 aromatic heterocycles. The van der Waals surface area contributed by atoms with Crippen molar-refractivity contribution in [2.45, 2.75) is 13.3 Å². The van der Waals surface area contributed by atoms with Crippen molar-refractivity contribution in [3.8, 4) is 0 Å². The van der Waals surface area contributed by atoms with Crippen LogP contribution >= 0.6 is 12.8 Å². The fraction of sp³-hybridized carbons (Fsp3) is 0.400. The highest BCUT2D eigenvalue weighted by atomic mass is 32.1. The highest BCUT2D eigenvalue weighted by molar-refractivity contribution is 7.81. The average Bonchev–Trinajstić information content (AvgIpc) is 2.28. The van der Waals surface area contributed by atoms with Crippen LogP contribution in [-0.4, -0.2) is 18.3 Å². The zero-order valence-electron chi connectivity index (χ0n) is 8.64. The van der Waals surface area contributed by atoms with E-state index in [0.717, 1.165) is 11.3 Å². The Kier molecular flexibility index (Phi) is 4.58. The maximum atomic E-state index is 8.94. The monoisotopic (exact) mass is 225 g/mol. The molecule has 0 heterocycles. The third-order valence-corrected chi connectivity index (χ3v) is 2.64. The maximum absolute atomic E-state index is 8.94. The minimum Gasteiger partial charge on any atom is -0.396 e. The minimum atomic E-state index is 0.0831. The summed E-state index contributed by atoms with van der Waals surface area (Å²) in [6.45, 7) is 2.77. The zero-order chi connectivity index (χ0) is 11.3. The predicted molar refractivity (Wildman–Crippen MR) is 64.0 cm³/mol. The van der Waals surface area contributed by atoms with E-state index < -0.39 is 0 Å². The van der Waals surface area contributed by atoms with Crippen LogP contribution in [0.25, 0.3) is 0 Å². The van der Waals surface area contributed by atoms with E-state index in [1.165, 1.54) is 0 Å². The number of para-hydroxylation sites is 1. The fourth-order valence-electron chi connectivity index (χ4n) is 1.45. The molecule has 0 aliphatic heterocycles. The van der Waals surface area contributed by atoms with E-state index in [-0.39, 0.29) is 6.61 Å². The summed E-state index contributed by atoms with van der Waals surface area (Å²) < 4.78 is 1.73. The third-order valence-electron chi connectivity index (χ3n) is 2.16. The summed E-state index contributed by atoms with van der Waals surface area (Å²) >= 11 is 4.31. The first-order valence-electron chi connectivity index (χ1n) is 4.81. The van der Waals surface area contributed by atoms with Crippen LogP contribution in [0.5, 0.6) is 0 Å². The zero-order valence-corrected chi connectivity index (χ0v) is 9.54. The molecule has 0 spiro atoms. The number of thiol groups is 1. The van der Waals surface area contributed by atoms with Gasteiger partial charge in [-0.3, -0.25) is 0 Å². The molecule has 0 bridgehead atoms. The molecule has 0 amide bonds. The lowest BCUT2D eigenvalue weighted by atomic mass is 10.1. The Bertz CT molecular complexity index is 343. The molecule has 0 unspecified atom stereocenters. The standard InChI is InChI=1S/C10H15N3OS/c1-2-13(15)10-8(6-7-14)4-3-5-9(10)12-11/h3-5,11,14-15H,2,6-7H2,1H3. The minimum absolute atomic E-state index is 0.0831. The van der Waals surface area contributed by atoms with Gasteiger partial charge in [0.25, 0.3) is 0 Å². The number of hydrogen-bond acceptors (Lipinski definition) is 5. The van der Waals surface area contributed by atoms with Gasteiger partial charge in [-0.2, -0.15) is 5.11 Å². The van der Waals surface area contributed by atoms with Crippen LogP contribution in [-0.2, 0) is 6.42 Å². The van der Waals surface area contributed by atoms with Gasteiger partial charge in [0.05, 0.1) is 5.69 Å². The van der Waals surface area contributed by atoms with Crippen LogP contribution in [0.2, 0.25) is 0 Å². The molecule has 2 N–H and O–H groups in total. The number of nitrogens with one attached hydrogen (secondary N) is 1. The van der Waals surface area contributed by atoms with Gasteiger partial charge in [-0.1, -0.05) is 24.9 Å². The number of nitrogens with zero attached hydrogens (tertiary/aromatic N) is 2. The van der Waals surface area contributed by atoms with Crippen LogP contribution in [0, 0.1) is 5.53 Å². The Balaban J connectivity index is 3.19. The van der Waals surface area contributed by atoms with Gasteiger partial charge >= 0.3 is 0 Å². The average molecular weight is 225 g/mol. The van der Waals surface area contributed by atoms with Crippen molar-refractivity contribution in [3.63, 3.8) is 0 Å². The topological polar surface area (TPSA) is 59.7 Å². The lowest BCUT2D eigenvalue weighted by Gasteiger charge is -2.20. The quantitative estimate of drug-likeness (QED) is 0.533. The van der Waals surface area contributed by atoms with E-state index in [4.69, 9.17) is 10.6 Å². The molecule has 1 aromatic rings. The summed E-state index contributed by atoms with van der Waals surface area (Å²) in [7, 11) is 0. The van der Waals surface area contributed by atoms with Crippen molar-refractivity contribution in [1.29, 1.82) is 5.53 Å². The lowest BCUT2D eigenvalue weighted by molar-refractivity contribution is 0.300. The number of rotatable bonds is 5. The summed E-state index contributed by atoms with van der Waals surface area (Å²) in [6, 6.07) is 5.51. The van der Waals surface area contributed by atoms with Crippen molar-refractivity contribution in [2.75, 3.05) is 17.5 Å². The largest absolute Gasteiger partial charge is 0.396 e. The Morgan fingerprint density at radius 2 is 2.27 bits per heavy atom. The molecular formula is C10H15N3OS. The molecular weight excluding hydrogens is 210 g/mol. The molecule has 82 valence electrons. The molecule has 0 saturated heterocycles. The second-order valence-corrected chi connectivity index (χ2v) is 3.57. The highest BCUT2D eigenvalue weighted by Gasteiger charge is 2.11. The van der Waals surface area contributed by atoms with E-state index >= 15 is 0 Å².